The topological polar surface area (TPSA) is 21.3 Å². The molecular formula is C16H20BrNOS. The molecule has 0 bridgehead atoms. The van der Waals surface area contributed by atoms with Gasteiger partial charge in [0.25, 0.3) is 0 Å². The van der Waals surface area contributed by atoms with Crippen LogP contribution < -0.4 is 10.1 Å². The molecule has 0 spiro atoms. The summed E-state index contributed by atoms with van der Waals surface area (Å²) in [4.78, 5) is 1.38. The third-order valence-corrected chi connectivity index (χ3v) is 4.91. The fourth-order valence-electron chi connectivity index (χ4n) is 2.10. The number of hydrogen-bond acceptors (Lipinski definition) is 3. The molecule has 1 aromatic carbocycles. The van der Waals surface area contributed by atoms with Gasteiger partial charge in [-0.2, -0.15) is 0 Å². The van der Waals surface area contributed by atoms with Crippen LogP contribution in [0.15, 0.2) is 40.2 Å². The fourth-order valence-corrected chi connectivity index (χ4v) is 3.60. The van der Waals surface area contributed by atoms with E-state index >= 15 is 0 Å². The third kappa shape index (κ3) is 4.33. The van der Waals surface area contributed by atoms with Crippen molar-refractivity contribution in [3.8, 4) is 5.75 Å². The first kappa shape index (κ1) is 15.5. The molecule has 4 heteroatoms. The maximum atomic E-state index is 5.21. The number of rotatable bonds is 7. The van der Waals surface area contributed by atoms with Crippen LogP contribution in [0.2, 0.25) is 0 Å². The van der Waals surface area contributed by atoms with Crippen molar-refractivity contribution in [2.24, 2.45) is 0 Å². The lowest BCUT2D eigenvalue weighted by atomic mass is 10.0. The van der Waals surface area contributed by atoms with E-state index in [4.69, 9.17) is 4.74 Å². The molecule has 0 fully saturated rings. The van der Waals surface area contributed by atoms with Gasteiger partial charge in [0.2, 0.25) is 0 Å². The molecule has 0 radical (unpaired) electrons. The summed E-state index contributed by atoms with van der Waals surface area (Å²) in [6.45, 7) is 3.23. The van der Waals surface area contributed by atoms with Crippen LogP contribution in [-0.2, 0) is 6.42 Å². The van der Waals surface area contributed by atoms with Gasteiger partial charge in [0.05, 0.1) is 10.9 Å². The zero-order valence-corrected chi connectivity index (χ0v) is 14.3. The van der Waals surface area contributed by atoms with Gasteiger partial charge in [-0.1, -0.05) is 19.1 Å². The van der Waals surface area contributed by atoms with Gasteiger partial charge in [-0.3, -0.25) is 0 Å². The van der Waals surface area contributed by atoms with Crippen LogP contribution in [0, 0.1) is 0 Å². The van der Waals surface area contributed by atoms with Gasteiger partial charge in [0, 0.05) is 10.9 Å². The molecule has 0 amide bonds. The Balaban J connectivity index is 2.10. The van der Waals surface area contributed by atoms with Gasteiger partial charge >= 0.3 is 0 Å². The van der Waals surface area contributed by atoms with E-state index in [0.717, 1.165) is 25.1 Å². The number of ether oxygens (including phenoxy) is 1. The van der Waals surface area contributed by atoms with Crippen molar-refractivity contribution >= 4 is 27.3 Å². The molecule has 20 heavy (non-hydrogen) atoms. The zero-order valence-electron chi connectivity index (χ0n) is 11.9. The maximum absolute atomic E-state index is 5.21. The summed E-state index contributed by atoms with van der Waals surface area (Å²) < 4.78 is 6.39. The first-order chi connectivity index (χ1) is 9.72. The normalized spacial score (nSPS) is 12.3. The number of thiophene rings is 1. The Morgan fingerprint density at radius 1 is 1.20 bits per heavy atom. The predicted octanol–water partition coefficient (Wildman–Crippen LogP) is 4.80. The van der Waals surface area contributed by atoms with Crippen molar-refractivity contribution in [3.63, 3.8) is 0 Å². The van der Waals surface area contributed by atoms with E-state index in [9.17, 15) is 0 Å². The van der Waals surface area contributed by atoms with Crippen LogP contribution in [-0.4, -0.2) is 13.7 Å². The van der Waals surface area contributed by atoms with Crippen LogP contribution >= 0.6 is 27.3 Å². The standard InChI is InChI=1S/C16H20BrNOS/c1-3-10-18-14(15-8-9-16(17)20-15)11-12-4-6-13(19-2)7-5-12/h4-9,14,18H,3,10-11H2,1-2H3. The van der Waals surface area contributed by atoms with Gasteiger partial charge in [-0.05, 0) is 65.1 Å². The van der Waals surface area contributed by atoms with Crippen LogP contribution in [0.25, 0.3) is 0 Å². The SMILES string of the molecule is CCCNC(Cc1ccc(OC)cc1)c1ccc(Br)s1. The summed E-state index contributed by atoms with van der Waals surface area (Å²) in [6.07, 6.45) is 2.14. The summed E-state index contributed by atoms with van der Waals surface area (Å²) in [5, 5.41) is 3.63. The molecule has 2 rings (SSSR count). The quantitative estimate of drug-likeness (QED) is 0.771. The van der Waals surface area contributed by atoms with Crippen molar-refractivity contribution in [2.75, 3.05) is 13.7 Å². The third-order valence-electron chi connectivity index (χ3n) is 3.18. The van der Waals surface area contributed by atoms with Gasteiger partial charge in [-0.25, -0.2) is 0 Å². The Morgan fingerprint density at radius 3 is 2.50 bits per heavy atom. The summed E-state index contributed by atoms with van der Waals surface area (Å²) in [5.41, 5.74) is 1.32. The lowest BCUT2D eigenvalue weighted by Gasteiger charge is -2.17. The summed E-state index contributed by atoms with van der Waals surface area (Å²) >= 11 is 5.35. The van der Waals surface area contributed by atoms with Crippen LogP contribution in [0.5, 0.6) is 5.75 Å². The second kappa shape index (κ2) is 7.81. The number of halogens is 1. The van der Waals surface area contributed by atoms with Crippen LogP contribution in [0.4, 0.5) is 0 Å². The number of nitrogens with one attached hydrogen (secondary N) is 1. The molecular weight excluding hydrogens is 334 g/mol. The monoisotopic (exact) mass is 353 g/mol. The molecule has 108 valence electrons. The maximum Gasteiger partial charge on any atom is 0.118 e. The highest BCUT2D eigenvalue weighted by Gasteiger charge is 2.13. The van der Waals surface area contributed by atoms with Gasteiger partial charge in [0.15, 0.2) is 0 Å². The van der Waals surface area contributed by atoms with Crippen LogP contribution in [0.3, 0.4) is 0 Å². The molecule has 1 aromatic heterocycles. The predicted molar refractivity (Wildman–Crippen MR) is 89.8 cm³/mol. The smallest absolute Gasteiger partial charge is 0.118 e. The van der Waals surface area contributed by atoms with Crippen molar-refractivity contribution in [2.45, 2.75) is 25.8 Å². The first-order valence-corrected chi connectivity index (χ1v) is 8.45. The minimum Gasteiger partial charge on any atom is -0.497 e. The second-order valence-electron chi connectivity index (χ2n) is 4.70. The largest absolute Gasteiger partial charge is 0.497 e. The molecule has 1 heterocycles. The molecule has 0 aliphatic heterocycles. The molecule has 0 saturated carbocycles. The molecule has 1 unspecified atom stereocenters. The van der Waals surface area contributed by atoms with E-state index in [1.54, 1.807) is 18.4 Å². The lowest BCUT2D eigenvalue weighted by molar-refractivity contribution is 0.414. The number of benzene rings is 1. The van der Waals surface area contributed by atoms with E-state index in [-0.39, 0.29) is 0 Å². The number of hydrogen-bond donors (Lipinski definition) is 1. The minimum absolute atomic E-state index is 0.375. The average molecular weight is 354 g/mol. The Bertz CT molecular complexity index is 524. The molecule has 2 nitrogen and oxygen atoms in total. The molecule has 0 aliphatic carbocycles. The van der Waals surface area contributed by atoms with E-state index in [1.165, 1.54) is 14.2 Å². The Labute approximate surface area is 133 Å². The van der Waals surface area contributed by atoms with Crippen LogP contribution in [0.1, 0.15) is 29.8 Å². The van der Waals surface area contributed by atoms with Gasteiger partial charge < -0.3 is 10.1 Å². The van der Waals surface area contributed by atoms with Crippen molar-refractivity contribution < 1.29 is 4.74 Å². The Kier molecular flexibility index (Phi) is 6.07. The average Bonchev–Trinajstić information content (AvgIpc) is 2.90. The minimum atomic E-state index is 0.375. The molecule has 0 saturated heterocycles. The number of methoxy groups -OCH3 is 1. The van der Waals surface area contributed by atoms with E-state index in [2.05, 4.69) is 52.4 Å². The summed E-state index contributed by atoms with van der Waals surface area (Å²) in [6, 6.07) is 13.0. The Hall–Kier alpha value is -0.840. The zero-order chi connectivity index (χ0) is 14.4. The highest BCUT2D eigenvalue weighted by molar-refractivity contribution is 9.11. The first-order valence-electron chi connectivity index (χ1n) is 6.84. The van der Waals surface area contributed by atoms with Crippen molar-refractivity contribution in [3.05, 3.63) is 50.6 Å². The summed E-state index contributed by atoms with van der Waals surface area (Å²) in [5.74, 6) is 0.908. The molecule has 1 N–H and O–H groups in total. The van der Waals surface area contributed by atoms with E-state index < -0.39 is 0 Å². The van der Waals surface area contributed by atoms with E-state index in [0.29, 0.717) is 6.04 Å². The molecule has 2 aromatic rings. The van der Waals surface area contributed by atoms with E-state index in [1.807, 2.05) is 12.1 Å². The van der Waals surface area contributed by atoms with Crippen molar-refractivity contribution in [1.82, 2.24) is 5.32 Å². The van der Waals surface area contributed by atoms with Gasteiger partial charge in [-0.15, -0.1) is 11.3 Å². The highest BCUT2D eigenvalue weighted by atomic mass is 79.9. The fraction of sp³-hybridized carbons (Fsp3) is 0.375. The highest BCUT2D eigenvalue weighted by Crippen LogP contribution is 2.29. The second-order valence-corrected chi connectivity index (χ2v) is 7.20. The Morgan fingerprint density at radius 2 is 1.95 bits per heavy atom. The van der Waals surface area contributed by atoms with Crippen molar-refractivity contribution in [1.29, 1.82) is 0 Å². The van der Waals surface area contributed by atoms with Gasteiger partial charge in [0.1, 0.15) is 5.75 Å². The molecule has 1 atom stereocenters. The lowest BCUT2D eigenvalue weighted by Crippen LogP contribution is -2.23. The molecule has 0 aliphatic rings. The summed E-state index contributed by atoms with van der Waals surface area (Å²) in [7, 11) is 1.70.